The summed E-state index contributed by atoms with van der Waals surface area (Å²) in [5.41, 5.74) is 1.06. The lowest BCUT2D eigenvalue weighted by Crippen LogP contribution is -2.00. The Morgan fingerprint density at radius 1 is 1.47 bits per heavy atom. The van der Waals surface area contributed by atoms with Crippen LogP contribution in [-0.4, -0.2) is 20.9 Å². The molecule has 15 heavy (non-hydrogen) atoms. The molecule has 0 amide bonds. The van der Waals surface area contributed by atoms with E-state index in [4.69, 9.17) is 5.11 Å². The number of rotatable bonds is 2. The molecule has 0 saturated heterocycles. The molecule has 0 aliphatic rings. The molecule has 0 radical (unpaired) electrons. The van der Waals surface area contributed by atoms with Crippen LogP contribution in [0.3, 0.4) is 0 Å². The van der Waals surface area contributed by atoms with Crippen LogP contribution in [0.5, 0.6) is 0 Å². The highest BCUT2D eigenvalue weighted by molar-refractivity contribution is 9.10. The molecule has 0 fully saturated rings. The van der Waals surface area contributed by atoms with Gasteiger partial charge in [0.15, 0.2) is 0 Å². The van der Waals surface area contributed by atoms with Crippen LogP contribution in [0.1, 0.15) is 10.4 Å². The molecule has 0 aliphatic carbocycles. The predicted octanol–water partition coefficient (Wildman–Crippen LogP) is 2.33. The standard InChI is InChI=1S/C10H7BrN2O2/c11-8-6-7(10(14)15)2-3-9(8)13-5-1-4-12-13/h1-6H,(H,14,15). The Hall–Kier alpha value is -1.62. The van der Waals surface area contributed by atoms with E-state index in [0.29, 0.717) is 4.47 Å². The molecule has 1 N–H and O–H groups in total. The first kappa shape index (κ1) is 9.92. The first-order valence-electron chi connectivity index (χ1n) is 4.21. The monoisotopic (exact) mass is 266 g/mol. The number of nitrogens with zero attached hydrogens (tertiary/aromatic N) is 2. The maximum Gasteiger partial charge on any atom is 0.335 e. The van der Waals surface area contributed by atoms with Gasteiger partial charge in [0.25, 0.3) is 0 Å². The molecule has 1 heterocycles. The Morgan fingerprint density at radius 3 is 2.80 bits per heavy atom. The summed E-state index contributed by atoms with van der Waals surface area (Å²) in [6, 6.07) is 6.61. The van der Waals surface area contributed by atoms with Gasteiger partial charge in [-0.25, -0.2) is 9.48 Å². The minimum absolute atomic E-state index is 0.248. The number of carbonyl (C=O) groups is 1. The second-order valence-electron chi connectivity index (χ2n) is 2.92. The number of aromatic carboxylic acids is 1. The van der Waals surface area contributed by atoms with Crippen molar-refractivity contribution >= 4 is 21.9 Å². The summed E-state index contributed by atoms with van der Waals surface area (Å²) in [6.45, 7) is 0. The van der Waals surface area contributed by atoms with Crippen LogP contribution in [0.2, 0.25) is 0 Å². The molecule has 5 heteroatoms. The third kappa shape index (κ3) is 1.92. The van der Waals surface area contributed by atoms with Crippen molar-refractivity contribution in [3.05, 3.63) is 46.7 Å². The van der Waals surface area contributed by atoms with Crippen LogP contribution < -0.4 is 0 Å². The smallest absolute Gasteiger partial charge is 0.335 e. The Morgan fingerprint density at radius 2 is 2.27 bits per heavy atom. The number of hydrogen-bond acceptors (Lipinski definition) is 2. The van der Waals surface area contributed by atoms with Crippen LogP contribution >= 0.6 is 15.9 Å². The number of carboxylic acids is 1. The van der Waals surface area contributed by atoms with Crippen molar-refractivity contribution in [2.75, 3.05) is 0 Å². The lowest BCUT2D eigenvalue weighted by atomic mass is 10.2. The molecule has 0 aliphatic heterocycles. The van der Waals surface area contributed by atoms with Crippen molar-refractivity contribution in [2.45, 2.75) is 0 Å². The quantitative estimate of drug-likeness (QED) is 0.908. The summed E-state index contributed by atoms with van der Waals surface area (Å²) in [6.07, 6.45) is 3.46. The molecule has 2 aromatic rings. The van der Waals surface area contributed by atoms with E-state index in [1.54, 1.807) is 41.3 Å². The van der Waals surface area contributed by atoms with Gasteiger partial charge in [-0.15, -0.1) is 0 Å². The van der Waals surface area contributed by atoms with E-state index < -0.39 is 5.97 Å². The number of carboxylic acid groups (broad SMARTS) is 1. The summed E-state index contributed by atoms with van der Waals surface area (Å²) in [4.78, 5) is 10.7. The molecule has 76 valence electrons. The molecule has 1 aromatic carbocycles. The van der Waals surface area contributed by atoms with Crippen LogP contribution in [-0.2, 0) is 0 Å². The average molecular weight is 267 g/mol. The number of hydrogen-bond donors (Lipinski definition) is 1. The number of halogens is 1. The molecule has 0 atom stereocenters. The average Bonchev–Trinajstić information content (AvgIpc) is 2.70. The highest BCUT2D eigenvalue weighted by Crippen LogP contribution is 2.21. The summed E-state index contributed by atoms with van der Waals surface area (Å²) in [5, 5.41) is 12.8. The normalized spacial score (nSPS) is 10.2. The van der Waals surface area contributed by atoms with E-state index in [2.05, 4.69) is 21.0 Å². The van der Waals surface area contributed by atoms with Crippen LogP contribution in [0, 0.1) is 0 Å². The van der Waals surface area contributed by atoms with E-state index in [0.717, 1.165) is 5.69 Å². The summed E-state index contributed by atoms with van der Waals surface area (Å²) >= 11 is 3.31. The van der Waals surface area contributed by atoms with Gasteiger partial charge in [0.2, 0.25) is 0 Å². The third-order valence-corrected chi connectivity index (χ3v) is 2.58. The lowest BCUT2D eigenvalue weighted by Gasteiger charge is -2.04. The van der Waals surface area contributed by atoms with Crippen molar-refractivity contribution in [3.8, 4) is 5.69 Å². The molecular weight excluding hydrogens is 260 g/mol. The van der Waals surface area contributed by atoms with E-state index in [9.17, 15) is 4.79 Å². The first-order valence-corrected chi connectivity index (χ1v) is 5.00. The molecule has 2 rings (SSSR count). The topological polar surface area (TPSA) is 55.1 Å². The van der Waals surface area contributed by atoms with E-state index in [1.165, 1.54) is 0 Å². The Kier molecular flexibility index (Phi) is 2.55. The zero-order valence-corrected chi connectivity index (χ0v) is 9.18. The minimum atomic E-state index is -0.942. The van der Waals surface area contributed by atoms with Crippen LogP contribution in [0.15, 0.2) is 41.1 Å². The maximum atomic E-state index is 10.7. The molecular formula is C10H7BrN2O2. The number of aromatic nitrogens is 2. The van der Waals surface area contributed by atoms with E-state index in [1.807, 2.05) is 0 Å². The van der Waals surface area contributed by atoms with Crippen LogP contribution in [0.25, 0.3) is 5.69 Å². The summed E-state index contributed by atoms with van der Waals surface area (Å²) in [7, 11) is 0. The maximum absolute atomic E-state index is 10.7. The third-order valence-electron chi connectivity index (χ3n) is 1.95. The minimum Gasteiger partial charge on any atom is -0.478 e. The summed E-state index contributed by atoms with van der Waals surface area (Å²) in [5.74, 6) is -0.942. The molecule has 4 nitrogen and oxygen atoms in total. The van der Waals surface area contributed by atoms with Gasteiger partial charge >= 0.3 is 5.97 Å². The van der Waals surface area contributed by atoms with Gasteiger partial charge in [0, 0.05) is 16.9 Å². The zero-order valence-electron chi connectivity index (χ0n) is 7.59. The fraction of sp³-hybridized carbons (Fsp3) is 0. The van der Waals surface area contributed by atoms with Gasteiger partial charge in [-0.05, 0) is 40.2 Å². The molecule has 0 spiro atoms. The van der Waals surface area contributed by atoms with Crippen LogP contribution in [0.4, 0.5) is 0 Å². The first-order chi connectivity index (χ1) is 7.18. The highest BCUT2D eigenvalue weighted by atomic mass is 79.9. The second-order valence-corrected chi connectivity index (χ2v) is 3.78. The summed E-state index contributed by atoms with van der Waals surface area (Å²) < 4.78 is 2.36. The molecule has 1 aromatic heterocycles. The predicted molar refractivity (Wildman–Crippen MR) is 58.2 cm³/mol. The van der Waals surface area contributed by atoms with Gasteiger partial charge in [0.1, 0.15) is 0 Å². The van der Waals surface area contributed by atoms with Crippen molar-refractivity contribution in [1.29, 1.82) is 0 Å². The van der Waals surface area contributed by atoms with E-state index >= 15 is 0 Å². The van der Waals surface area contributed by atoms with Gasteiger partial charge in [-0.3, -0.25) is 0 Å². The van der Waals surface area contributed by atoms with Crippen molar-refractivity contribution in [1.82, 2.24) is 9.78 Å². The van der Waals surface area contributed by atoms with Crippen molar-refractivity contribution < 1.29 is 9.90 Å². The van der Waals surface area contributed by atoms with E-state index in [-0.39, 0.29) is 5.56 Å². The SMILES string of the molecule is O=C(O)c1ccc(-n2cccn2)c(Br)c1. The number of benzene rings is 1. The van der Waals surface area contributed by atoms with Crippen molar-refractivity contribution in [3.63, 3.8) is 0 Å². The fourth-order valence-corrected chi connectivity index (χ4v) is 1.80. The largest absolute Gasteiger partial charge is 0.478 e. The Balaban J connectivity index is 2.48. The zero-order chi connectivity index (χ0) is 10.8. The fourth-order valence-electron chi connectivity index (χ4n) is 1.24. The highest BCUT2D eigenvalue weighted by Gasteiger charge is 2.07. The van der Waals surface area contributed by atoms with Gasteiger partial charge < -0.3 is 5.11 Å². The van der Waals surface area contributed by atoms with Gasteiger partial charge in [0.05, 0.1) is 11.3 Å². The van der Waals surface area contributed by atoms with Gasteiger partial charge in [-0.2, -0.15) is 5.10 Å². The Bertz CT molecular complexity index is 494. The van der Waals surface area contributed by atoms with Gasteiger partial charge in [-0.1, -0.05) is 0 Å². The molecule has 0 unspecified atom stereocenters. The lowest BCUT2D eigenvalue weighted by molar-refractivity contribution is 0.0697. The molecule has 0 saturated carbocycles. The second kappa shape index (κ2) is 3.86. The molecule has 0 bridgehead atoms. The van der Waals surface area contributed by atoms with Crippen molar-refractivity contribution in [2.24, 2.45) is 0 Å². The Labute approximate surface area is 94.3 Å².